The molecule has 36 heavy (non-hydrogen) atoms. The lowest BCUT2D eigenvalue weighted by Crippen LogP contribution is -2.43. The average molecular weight is 495 g/mol. The summed E-state index contributed by atoms with van der Waals surface area (Å²) < 4.78 is 5.86. The normalized spacial score (nSPS) is 16.5. The lowest BCUT2D eigenvalue weighted by atomic mass is 9.87. The zero-order valence-electron chi connectivity index (χ0n) is 22.7. The van der Waals surface area contributed by atoms with Gasteiger partial charge in [0.2, 0.25) is 5.60 Å². The van der Waals surface area contributed by atoms with Gasteiger partial charge in [-0.2, -0.15) is 0 Å². The van der Waals surface area contributed by atoms with Crippen molar-refractivity contribution in [1.29, 1.82) is 0 Å². The number of ether oxygens (including phenoxy) is 1. The summed E-state index contributed by atoms with van der Waals surface area (Å²) in [5.74, 6) is -0.347. The SMILES string of the molecule is CCC(CC)(Oc1ccc(CCCC2CN(Cc3ccc(C(C)(C)C)cc3)C(=O)N2C)cc1)C(=O)O. The standard InChI is InChI=1S/C30H42N2O4/c1-7-30(8-2,27(33)34)36-26-18-14-22(15-19-26)10-9-11-25-21-32(28(35)31(25)6)20-23-12-16-24(17-13-23)29(3,4)5/h12-19,25H,7-11,20-21H2,1-6H3,(H,33,34). The van der Waals surface area contributed by atoms with Gasteiger partial charge in [-0.1, -0.05) is 71.0 Å². The summed E-state index contributed by atoms with van der Waals surface area (Å²) in [5.41, 5.74) is 2.58. The molecule has 2 aromatic carbocycles. The molecular formula is C30H42N2O4. The molecule has 0 bridgehead atoms. The van der Waals surface area contributed by atoms with Crippen LogP contribution in [0.25, 0.3) is 0 Å². The summed E-state index contributed by atoms with van der Waals surface area (Å²) in [4.78, 5) is 28.3. The summed E-state index contributed by atoms with van der Waals surface area (Å²) in [7, 11) is 1.90. The van der Waals surface area contributed by atoms with Crippen molar-refractivity contribution in [3.05, 3.63) is 65.2 Å². The second kappa shape index (κ2) is 11.4. The van der Waals surface area contributed by atoms with E-state index in [0.717, 1.165) is 31.4 Å². The van der Waals surface area contributed by atoms with E-state index in [1.54, 1.807) is 0 Å². The van der Waals surface area contributed by atoms with Crippen LogP contribution < -0.4 is 4.74 Å². The van der Waals surface area contributed by atoms with E-state index in [1.165, 1.54) is 11.1 Å². The average Bonchev–Trinajstić information content (AvgIpc) is 3.11. The summed E-state index contributed by atoms with van der Waals surface area (Å²) >= 11 is 0. The van der Waals surface area contributed by atoms with Crippen molar-refractivity contribution in [3.8, 4) is 5.75 Å². The zero-order valence-corrected chi connectivity index (χ0v) is 22.7. The number of aryl methyl sites for hydroxylation is 1. The van der Waals surface area contributed by atoms with Gasteiger partial charge in [-0.15, -0.1) is 0 Å². The van der Waals surface area contributed by atoms with Gasteiger partial charge in [0.15, 0.2) is 0 Å². The van der Waals surface area contributed by atoms with E-state index in [1.807, 2.05) is 55.0 Å². The predicted octanol–water partition coefficient (Wildman–Crippen LogP) is 6.27. The molecule has 0 aliphatic carbocycles. The Bertz CT molecular complexity index is 1020. The van der Waals surface area contributed by atoms with Crippen LogP contribution in [0.2, 0.25) is 0 Å². The molecule has 1 aliphatic heterocycles. The molecule has 196 valence electrons. The van der Waals surface area contributed by atoms with Crippen LogP contribution in [0.1, 0.15) is 77.0 Å². The molecule has 0 aromatic heterocycles. The lowest BCUT2D eigenvalue weighted by Gasteiger charge is -2.28. The molecule has 1 fully saturated rings. The number of rotatable bonds is 11. The highest BCUT2D eigenvalue weighted by Gasteiger charge is 2.37. The molecule has 6 nitrogen and oxygen atoms in total. The molecule has 1 aliphatic rings. The Balaban J connectivity index is 1.50. The minimum atomic E-state index is -1.18. The number of carbonyl (C=O) groups excluding carboxylic acids is 1. The first kappa shape index (κ1) is 27.6. The molecular weight excluding hydrogens is 452 g/mol. The van der Waals surface area contributed by atoms with Gasteiger partial charge >= 0.3 is 12.0 Å². The van der Waals surface area contributed by atoms with E-state index in [0.29, 0.717) is 25.1 Å². The number of urea groups is 1. The zero-order chi connectivity index (χ0) is 26.5. The van der Waals surface area contributed by atoms with Gasteiger partial charge in [0.1, 0.15) is 5.75 Å². The summed E-state index contributed by atoms with van der Waals surface area (Å²) in [6.07, 6.45) is 3.63. The van der Waals surface area contributed by atoms with Crippen LogP contribution in [-0.4, -0.2) is 52.1 Å². The fourth-order valence-corrected chi connectivity index (χ4v) is 4.81. The van der Waals surface area contributed by atoms with Crippen LogP contribution in [0.3, 0.4) is 0 Å². The third kappa shape index (κ3) is 6.40. The van der Waals surface area contributed by atoms with E-state index in [2.05, 4.69) is 45.0 Å². The Morgan fingerprint density at radius 2 is 1.58 bits per heavy atom. The smallest absolute Gasteiger partial charge is 0.348 e. The monoisotopic (exact) mass is 494 g/mol. The minimum absolute atomic E-state index is 0.0927. The fraction of sp³-hybridized carbons (Fsp3) is 0.533. The first-order valence-electron chi connectivity index (χ1n) is 13.1. The Morgan fingerprint density at radius 1 is 1.00 bits per heavy atom. The Kier molecular flexibility index (Phi) is 8.70. The van der Waals surface area contributed by atoms with Crippen LogP contribution in [-0.2, 0) is 23.2 Å². The van der Waals surface area contributed by atoms with E-state index >= 15 is 0 Å². The summed E-state index contributed by atoms with van der Waals surface area (Å²) in [6, 6.07) is 16.6. The molecule has 1 saturated heterocycles. The first-order chi connectivity index (χ1) is 17.0. The Morgan fingerprint density at radius 3 is 2.11 bits per heavy atom. The number of benzene rings is 2. The molecule has 1 heterocycles. The first-order valence-corrected chi connectivity index (χ1v) is 13.1. The molecule has 3 rings (SSSR count). The summed E-state index contributed by atoms with van der Waals surface area (Å²) in [5, 5.41) is 9.58. The number of carboxylic acid groups (broad SMARTS) is 1. The fourth-order valence-electron chi connectivity index (χ4n) is 4.81. The number of likely N-dealkylation sites (N-methyl/N-ethyl adjacent to an activating group) is 1. The van der Waals surface area contributed by atoms with E-state index in [4.69, 9.17) is 4.74 Å². The van der Waals surface area contributed by atoms with Crippen molar-refractivity contribution in [2.45, 2.75) is 90.3 Å². The maximum atomic E-state index is 12.8. The predicted molar refractivity (Wildman–Crippen MR) is 143 cm³/mol. The van der Waals surface area contributed by atoms with Crippen LogP contribution in [0.4, 0.5) is 4.79 Å². The topological polar surface area (TPSA) is 70.1 Å². The largest absolute Gasteiger partial charge is 0.478 e. The van der Waals surface area contributed by atoms with Crippen molar-refractivity contribution in [1.82, 2.24) is 9.80 Å². The van der Waals surface area contributed by atoms with E-state index in [9.17, 15) is 14.7 Å². The lowest BCUT2D eigenvalue weighted by molar-refractivity contribution is -0.156. The van der Waals surface area contributed by atoms with Crippen molar-refractivity contribution in [2.75, 3.05) is 13.6 Å². The molecule has 0 radical (unpaired) electrons. The highest BCUT2D eigenvalue weighted by atomic mass is 16.5. The van der Waals surface area contributed by atoms with Crippen molar-refractivity contribution < 1.29 is 19.4 Å². The Labute approximate surface area is 216 Å². The Hall–Kier alpha value is -3.02. The molecule has 1 N–H and O–H groups in total. The molecule has 1 atom stereocenters. The van der Waals surface area contributed by atoms with Gasteiger partial charge < -0.3 is 19.6 Å². The summed E-state index contributed by atoms with van der Waals surface area (Å²) in [6.45, 7) is 11.7. The third-order valence-electron chi connectivity index (χ3n) is 7.52. The van der Waals surface area contributed by atoms with Crippen molar-refractivity contribution >= 4 is 12.0 Å². The highest BCUT2D eigenvalue weighted by molar-refractivity contribution is 5.78. The van der Waals surface area contributed by atoms with Crippen LogP contribution in [0.5, 0.6) is 5.75 Å². The quantitative estimate of drug-likeness (QED) is 0.400. The second-order valence-corrected chi connectivity index (χ2v) is 11.0. The minimum Gasteiger partial charge on any atom is -0.478 e. The van der Waals surface area contributed by atoms with Crippen LogP contribution in [0.15, 0.2) is 48.5 Å². The number of hydrogen-bond donors (Lipinski definition) is 1. The maximum absolute atomic E-state index is 12.8. The number of aliphatic carboxylic acids is 1. The molecule has 2 aromatic rings. The van der Waals surface area contributed by atoms with Gasteiger partial charge in [0, 0.05) is 20.1 Å². The van der Waals surface area contributed by atoms with Crippen molar-refractivity contribution in [2.24, 2.45) is 0 Å². The second-order valence-electron chi connectivity index (χ2n) is 11.0. The van der Waals surface area contributed by atoms with E-state index in [-0.39, 0.29) is 17.5 Å². The van der Waals surface area contributed by atoms with Crippen LogP contribution in [0, 0.1) is 0 Å². The number of hydrogen-bond acceptors (Lipinski definition) is 3. The molecule has 0 saturated carbocycles. The molecule has 1 unspecified atom stereocenters. The molecule has 2 amide bonds. The molecule has 0 spiro atoms. The van der Waals surface area contributed by atoms with Crippen LogP contribution >= 0.6 is 0 Å². The van der Waals surface area contributed by atoms with Gasteiger partial charge in [-0.05, 0) is 66.3 Å². The van der Waals surface area contributed by atoms with E-state index < -0.39 is 11.6 Å². The maximum Gasteiger partial charge on any atom is 0.348 e. The number of carbonyl (C=O) groups is 2. The number of carboxylic acids is 1. The van der Waals surface area contributed by atoms with Gasteiger partial charge in [-0.3, -0.25) is 0 Å². The van der Waals surface area contributed by atoms with Crippen molar-refractivity contribution in [3.63, 3.8) is 0 Å². The third-order valence-corrected chi connectivity index (χ3v) is 7.52. The van der Waals surface area contributed by atoms with Gasteiger partial charge in [0.05, 0.1) is 6.04 Å². The van der Waals surface area contributed by atoms with Gasteiger partial charge in [-0.25, -0.2) is 9.59 Å². The number of nitrogens with zero attached hydrogens (tertiary/aromatic N) is 2. The highest BCUT2D eigenvalue weighted by Crippen LogP contribution is 2.27. The van der Waals surface area contributed by atoms with Gasteiger partial charge in [0.25, 0.3) is 0 Å². The number of amides is 2. The molecule has 6 heteroatoms.